The van der Waals surface area contributed by atoms with Gasteiger partial charge in [0.15, 0.2) is 0 Å². The number of nitrogen functional groups attached to an aromatic ring is 1. The quantitative estimate of drug-likeness (QED) is 0.646. The number of nitrogens with zero attached hydrogens (tertiary/aromatic N) is 2. The van der Waals surface area contributed by atoms with Crippen molar-refractivity contribution >= 4 is 17.5 Å². The summed E-state index contributed by atoms with van der Waals surface area (Å²) in [7, 11) is 0. The van der Waals surface area contributed by atoms with Gasteiger partial charge in [-0.25, -0.2) is 0 Å². The third-order valence-corrected chi connectivity index (χ3v) is 5.05. The highest BCUT2D eigenvalue weighted by Gasteiger charge is 2.33. The molecule has 2 aliphatic rings. The number of pyridine rings is 1. The van der Waals surface area contributed by atoms with Crippen LogP contribution in [0.25, 0.3) is 0 Å². The predicted molar refractivity (Wildman–Crippen MR) is 94.8 cm³/mol. The van der Waals surface area contributed by atoms with E-state index in [2.05, 4.69) is 16.7 Å². The van der Waals surface area contributed by atoms with E-state index < -0.39 is 17.6 Å². The second-order valence-corrected chi connectivity index (χ2v) is 7.07. The molecule has 8 heteroatoms. The Morgan fingerprint density at radius 1 is 1.38 bits per heavy atom. The van der Waals surface area contributed by atoms with Crippen molar-refractivity contribution in [1.29, 1.82) is 5.26 Å². The van der Waals surface area contributed by atoms with Crippen molar-refractivity contribution in [1.82, 2.24) is 15.2 Å². The lowest BCUT2D eigenvalue weighted by molar-refractivity contribution is -0.126. The van der Waals surface area contributed by atoms with Crippen molar-refractivity contribution in [2.45, 2.75) is 44.2 Å². The number of nitrogens with one attached hydrogen (secondary N) is 2. The third kappa shape index (κ3) is 4.04. The molecule has 1 aromatic heterocycles. The molecule has 138 valence electrons. The number of hydrogen-bond donors (Lipinski definition) is 3. The molecule has 3 atom stereocenters. The summed E-state index contributed by atoms with van der Waals surface area (Å²) in [5.74, 6) is -0.326. The second kappa shape index (κ2) is 7.60. The van der Waals surface area contributed by atoms with Crippen LogP contribution in [0.3, 0.4) is 0 Å². The topological polar surface area (TPSA) is 130 Å². The van der Waals surface area contributed by atoms with E-state index in [-0.39, 0.29) is 29.8 Å². The van der Waals surface area contributed by atoms with Crippen LogP contribution in [0.15, 0.2) is 23.1 Å². The Hall–Kier alpha value is -2.82. The Labute approximate surface area is 151 Å². The molecule has 0 radical (unpaired) electrons. The SMILES string of the molecule is N#CC(CC1CCNC1=O)NC(=O)C(CC1CC1)n1cccc(N)c1=O. The number of carbonyl (C=O) groups is 2. The van der Waals surface area contributed by atoms with E-state index in [1.807, 2.05) is 0 Å². The summed E-state index contributed by atoms with van der Waals surface area (Å²) in [5.41, 5.74) is 5.37. The first kappa shape index (κ1) is 18.0. The zero-order valence-electron chi connectivity index (χ0n) is 14.5. The van der Waals surface area contributed by atoms with Gasteiger partial charge in [-0.3, -0.25) is 14.4 Å². The molecule has 0 bridgehead atoms. The summed E-state index contributed by atoms with van der Waals surface area (Å²) in [6, 6.07) is 3.72. The van der Waals surface area contributed by atoms with Crippen molar-refractivity contribution in [2.24, 2.45) is 11.8 Å². The van der Waals surface area contributed by atoms with E-state index in [1.54, 1.807) is 12.3 Å². The summed E-state index contributed by atoms with van der Waals surface area (Å²) >= 11 is 0. The van der Waals surface area contributed by atoms with Crippen LogP contribution in [0.1, 0.15) is 38.1 Å². The van der Waals surface area contributed by atoms with Gasteiger partial charge in [0.2, 0.25) is 11.8 Å². The first-order valence-electron chi connectivity index (χ1n) is 8.94. The molecule has 0 spiro atoms. The van der Waals surface area contributed by atoms with Gasteiger partial charge >= 0.3 is 0 Å². The Bertz CT molecular complexity index is 793. The van der Waals surface area contributed by atoms with Gasteiger partial charge in [0.1, 0.15) is 12.1 Å². The molecule has 1 saturated heterocycles. The van der Waals surface area contributed by atoms with E-state index in [4.69, 9.17) is 5.73 Å². The molecule has 4 N–H and O–H groups in total. The summed E-state index contributed by atoms with van der Waals surface area (Å²) in [6.45, 7) is 0.596. The van der Waals surface area contributed by atoms with Crippen LogP contribution in [0.2, 0.25) is 0 Å². The predicted octanol–water partition coefficient (Wildman–Crippen LogP) is 0.306. The molecule has 8 nitrogen and oxygen atoms in total. The van der Waals surface area contributed by atoms with E-state index in [1.165, 1.54) is 10.6 Å². The van der Waals surface area contributed by atoms with Crippen molar-refractivity contribution < 1.29 is 9.59 Å². The molecule has 1 aromatic rings. The highest BCUT2D eigenvalue weighted by molar-refractivity contribution is 5.82. The number of anilines is 1. The Morgan fingerprint density at radius 2 is 2.15 bits per heavy atom. The van der Waals surface area contributed by atoms with Crippen LogP contribution in [-0.2, 0) is 9.59 Å². The zero-order valence-corrected chi connectivity index (χ0v) is 14.5. The summed E-state index contributed by atoms with van der Waals surface area (Å²) in [5, 5.41) is 14.8. The van der Waals surface area contributed by atoms with Gasteiger partial charge in [-0.15, -0.1) is 0 Å². The lowest BCUT2D eigenvalue weighted by Crippen LogP contribution is -2.43. The van der Waals surface area contributed by atoms with E-state index in [0.29, 0.717) is 25.3 Å². The van der Waals surface area contributed by atoms with Crippen LogP contribution in [0.5, 0.6) is 0 Å². The highest BCUT2D eigenvalue weighted by atomic mass is 16.2. The number of carbonyl (C=O) groups excluding carboxylic acids is 2. The minimum atomic E-state index is -0.769. The van der Waals surface area contributed by atoms with Gasteiger partial charge in [0.25, 0.3) is 5.56 Å². The Kier molecular flexibility index (Phi) is 5.26. The van der Waals surface area contributed by atoms with Crippen molar-refractivity contribution in [2.75, 3.05) is 12.3 Å². The molecule has 0 aromatic carbocycles. The normalized spacial score (nSPS) is 21.5. The first-order valence-corrected chi connectivity index (χ1v) is 8.94. The minimum Gasteiger partial charge on any atom is -0.394 e. The number of nitrogens with two attached hydrogens (primary N) is 1. The van der Waals surface area contributed by atoms with Crippen LogP contribution in [0, 0.1) is 23.2 Å². The fraction of sp³-hybridized carbons (Fsp3) is 0.556. The fourth-order valence-electron chi connectivity index (χ4n) is 3.36. The molecular formula is C18H23N5O3. The molecule has 26 heavy (non-hydrogen) atoms. The standard InChI is InChI=1S/C18H23N5O3/c19-10-13(9-12-5-6-21-16(12)24)22-17(25)15(8-11-3-4-11)23-7-1-2-14(20)18(23)26/h1-2,7,11-13,15H,3-6,8-9,20H2,(H,21,24)(H,22,25). The van der Waals surface area contributed by atoms with Gasteiger partial charge in [-0.2, -0.15) is 5.26 Å². The van der Waals surface area contributed by atoms with E-state index in [9.17, 15) is 19.6 Å². The summed E-state index contributed by atoms with van der Waals surface area (Å²) in [4.78, 5) is 36.9. The summed E-state index contributed by atoms with van der Waals surface area (Å²) < 4.78 is 1.35. The molecule has 2 heterocycles. The molecule has 1 saturated carbocycles. The number of hydrogen-bond acceptors (Lipinski definition) is 5. The fourth-order valence-corrected chi connectivity index (χ4v) is 3.36. The second-order valence-electron chi connectivity index (χ2n) is 7.07. The van der Waals surface area contributed by atoms with E-state index >= 15 is 0 Å². The monoisotopic (exact) mass is 357 g/mol. The molecule has 1 aliphatic carbocycles. The minimum absolute atomic E-state index is 0.0823. The van der Waals surface area contributed by atoms with Gasteiger partial charge in [0.05, 0.1) is 11.8 Å². The number of aromatic nitrogens is 1. The lowest BCUT2D eigenvalue weighted by Gasteiger charge is -2.22. The van der Waals surface area contributed by atoms with Gasteiger partial charge in [0, 0.05) is 18.7 Å². The third-order valence-electron chi connectivity index (χ3n) is 5.05. The van der Waals surface area contributed by atoms with Crippen LogP contribution < -0.4 is 21.9 Å². The molecule has 3 unspecified atom stereocenters. The number of amides is 2. The Morgan fingerprint density at radius 3 is 2.77 bits per heavy atom. The maximum absolute atomic E-state index is 12.8. The highest BCUT2D eigenvalue weighted by Crippen LogP contribution is 2.36. The summed E-state index contributed by atoms with van der Waals surface area (Å²) in [6.07, 6.45) is 5.09. The molecule has 2 amide bonds. The molecule has 2 fully saturated rings. The molecule has 1 aliphatic heterocycles. The average Bonchev–Trinajstić information content (AvgIpc) is 3.36. The van der Waals surface area contributed by atoms with Crippen LogP contribution >= 0.6 is 0 Å². The van der Waals surface area contributed by atoms with E-state index in [0.717, 1.165) is 12.8 Å². The Balaban J connectivity index is 1.74. The van der Waals surface area contributed by atoms with Crippen molar-refractivity contribution in [3.8, 4) is 6.07 Å². The van der Waals surface area contributed by atoms with Gasteiger partial charge in [-0.05, 0) is 37.3 Å². The average molecular weight is 357 g/mol. The van der Waals surface area contributed by atoms with Crippen molar-refractivity contribution in [3.05, 3.63) is 28.7 Å². The maximum Gasteiger partial charge on any atom is 0.274 e. The van der Waals surface area contributed by atoms with Gasteiger partial charge < -0.3 is 20.9 Å². The van der Waals surface area contributed by atoms with Crippen LogP contribution in [0.4, 0.5) is 5.69 Å². The van der Waals surface area contributed by atoms with Gasteiger partial charge in [-0.1, -0.05) is 12.8 Å². The largest absolute Gasteiger partial charge is 0.394 e. The smallest absolute Gasteiger partial charge is 0.274 e. The molecular weight excluding hydrogens is 334 g/mol. The lowest BCUT2D eigenvalue weighted by atomic mass is 9.98. The maximum atomic E-state index is 12.8. The number of nitriles is 1. The zero-order chi connectivity index (χ0) is 18.7. The van der Waals surface area contributed by atoms with Crippen LogP contribution in [-0.4, -0.2) is 29.0 Å². The number of rotatable bonds is 7. The molecule has 3 rings (SSSR count). The first-order chi connectivity index (χ1) is 12.5. The van der Waals surface area contributed by atoms with Crippen molar-refractivity contribution in [3.63, 3.8) is 0 Å².